The topological polar surface area (TPSA) is 43.1 Å². The Hall–Kier alpha value is -2.42. The Morgan fingerprint density at radius 2 is 1.90 bits per heavy atom. The van der Waals surface area contributed by atoms with Crippen molar-refractivity contribution in [3.8, 4) is 0 Å². The number of aromatic nitrogens is 1. The van der Waals surface area contributed by atoms with Crippen molar-refractivity contribution in [1.82, 2.24) is 4.98 Å². The molecule has 0 aliphatic carbocycles. The van der Waals surface area contributed by atoms with Gasteiger partial charge in [-0.15, -0.1) is 0 Å². The van der Waals surface area contributed by atoms with Crippen LogP contribution in [0.2, 0.25) is 0 Å². The number of fused-ring (bicyclic) bond motifs is 1. The Morgan fingerprint density at radius 1 is 1.14 bits per heavy atom. The molecule has 0 unspecified atom stereocenters. The van der Waals surface area contributed by atoms with Crippen LogP contribution in [0.1, 0.15) is 41.4 Å². The molecule has 0 radical (unpaired) electrons. The molecule has 0 fully saturated rings. The van der Waals surface area contributed by atoms with Crippen LogP contribution in [-0.4, -0.2) is 10.8 Å². The minimum Gasteiger partial charge on any atom is -0.460 e. The van der Waals surface area contributed by atoms with Crippen molar-refractivity contribution in [2.45, 2.75) is 26.2 Å². The van der Waals surface area contributed by atoms with Gasteiger partial charge in [0.15, 0.2) is 5.78 Å². The van der Waals surface area contributed by atoms with Crippen LogP contribution in [0.15, 0.2) is 53.2 Å². The number of aryl methyl sites for hydroxylation is 1. The molecule has 3 nitrogen and oxygen atoms in total. The SMILES string of the molecule is CCCCc1oc2ccccc2c1C(=O)c1ccncc1. The second-order valence-electron chi connectivity index (χ2n) is 5.06. The van der Waals surface area contributed by atoms with E-state index < -0.39 is 0 Å². The lowest BCUT2D eigenvalue weighted by molar-refractivity contribution is 0.103. The lowest BCUT2D eigenvalue weighted by Gasteiger charge is -2.02. The van der Waals surface area contributed by atoms with Crippen molar-refractivity contribution in [2.24, 2.45) is 0 Å². The fourth-order valence-corrected chi connectivity index (χ4v) is 2.51. The fourth-order valence-electron chi connectivity index (χ4n) is 2.51. The van der Waals surface area contributed by atoms with E-state index in [2.05, 4.69) is 11.9 Å². The van der Waals surface area contributed by atoms with Gasteiger partial charge >= 0.3 is 0 Å². The first-order valence-electron chi connectivity index (χ1n) is 7.26. The van der Waals surface area contributed by atoms with Crippen molar-refractivity contribution in [2.75, 3.05) is 0 Å². The average molecular weight is 279 g/mol. The van der Waals surface area contributed by atoms with Crippen LogP contribution in [0, 0.1) is 0 Å². The maximum atomic E-state index is 12.8. The predicted molar refractivity (Wildman–Crippen MR) is 82.5 cm³/mol. The van der Waals surface area contributed by atoms with E-state index in [-0.39, 0.29) is 5.78 Å². The lowest BCUT2D eigenvalue weighted by Crippen LogP contribution is -2.04. The third kappa shape index (κ3) is 2.59. The van der Waals surface area contributed by atoms with Gasteiger partial charge in [0.05, 0.1) is 5.56 Å². The summed E-state index contributed by atoms with van der Waals surface area (Å²) in [5.41, 5.74) is 2.13. The van der Waals surface area contributed by atoms with E-state index in [1.165, 1.54) is 0 Å². The summed E-state index contributed by atoms with van der Waals surface area (Å²) >= 11 is 0. The lowest BCUT2D eigenvalue weighted by atomic mass is 9.99. The van der Waals surface area contributed by atoms with E-state index in [0.29, 0.717) is 11.1 Å². The van der Waals surface area contributed by atoms with Gasteiger partial charge in [-0.2, -0.15) is 0 Å². The second kappa shape index (κ2) is 5.92. The van der Waals surface area contributed by atoms with Gasteiger partial charge in [0.1, 0.15) is 11.3 Å². The fraction of sp³-hybridized carbons (Fsp3) is 0.222. The third-order valence-corrected chi connectivity index (χ3v) is 3.60. The Balaban J connectivity index is 2.12. The van der Waals surface area contributed by atoms with Gasteiger partial charge in [0, 0.05) is 29.8 Å². The number of pyridine rings is 1. The molecule has 106 valence electrons. The van der Waals surface area contributed by atoms with Crippen molar-refractivity contribution < 1.29 is 9.21 Å². The van der Waals surface area contributed by atoms with E-state index >= 15 is 0 Å². The van der Waals surface area contributed by atoms with Crippen LogP contribution >= 0.6 is 0 Å². The molecule has 0 amide bonds. The van der Waals surface area contributed by atoms with Crippen LogP contribution in [-0.2, 0) is 6.42 Å². The largest absolute Gasteiger partial charge is 0.460 e. The molecular formula is C18H17NO2. The highest BCUT2D eigenvalue weighted by Gasteiger charge is 2.21. The first-order valence-corrected chi connectivity index (χ1v) is 7.26. The number of carbonyl (C=O) groups excluding carboxylic acids is 1. The molecule has 0 spiro atoms. The number of unbranched alkanes of at least 4 members (excludes halogenated alkanes) is 1. The molecule has 0 saturated heterocycles. The normalized spacial score (nSPS) is 10.9. The summed E-state index contributed by atoms with van der Waals surface area (Å²) in [4.78, 5) is 16.8. The standard InChI is InChI=1S/C18H17NO2/c1-2-3-7-16-17(14-6-4-5-8-15(14)21-16)18(20)13-9-11-19-12-10-13/h4-6,8-12H,2-3,7H2,1H3. The maximum Gasteiger partial charge on any atom is 0.197 e. The molecule has 3 aromatic rings. The predicted octanol–water partition coefficient (Wildman–Crippen LogP) is 4.40. The number of hydrogen-bond donors (Lipinski definition) is 0. The molecule has 3 rings (SSSR count). The smallest absolute Gasteiger partial charge is 0.197 e. The van der Waals surface area contributed by atoms with E-state index in [4.69, 9.17) is 4.42 Å². The van der Waals surface area contributed by atoms with Crippen molar-refractivity contribution >= 4 is 16.8 Å². The number of furan rings is 1. The summed E-state index contributed by atoms with van der Waals surface area (Å²) in [6.07, 6.45) is 6.15. The van der Waals surface area contributed by atoms with Gasteiger partial charge in [0.25, 0.3) is 0 Å². The van der Waals surface area contributed by atoms with Crippen LogP contribution < -0.4 is 0 Å². The second-order valence-corrected chi connectivity index (χ2v) is 5.06. The molecule has 2 heterocycles. The summed E-state index contributed by atoms with van der Waals surface area (Å²) in [7, 11) is 0. The number of benzene rings is 1. The Labute approximate surface area is 123 Å². The highest BCUT2D eigenvalue weighted by molar-refractivity contribution is 6.16. The Kier molecular flexibility index (Phi) is 3.82. The average Bonchev–Trinajstić information content (AvgIpc) is 2.91. The molecule has 0 bridgehead atoms. The first-order chi connectivity index (χ1) is 10.3. The summed E-state index contributed by atoms with van der Waals surface area (Å²) < 4.78 is 5.91. The summed E-state index contributed by atoms with van der Waals surface area (Å²) in [5.74, 6) is 0.799. The number of nitrogens with zero attached hydrogens (tertiary/aromatic N) is 1. The highest BCUT2D eigenvalue weighted by Crippen LogP contribution is 2.29. The summed E-state index contributed by atoms with van der Waals surface area (Å²) in [5, 5.41) is 0.894. The van der Waals surface area contributed by atoms with Crippen LogP contribution in [0.25, 0.3) is 11.0 Å². The molecule has 3 heteroatoms. The van der Waals surface area contributed by atoms with Gasteiger partial charge in [-0.1, -0.05) is 31.5 Å². The summed E-state index contributed by atoms with van der Waals surface area (Å²) in [6.45, 7) is 2.13. The zero-order valence-corrected chi connectivity index (χ0v) is 12.0. The van der Waals surface area contributed by atoms with Crippen molar-refractivity contribution in [3.05, 3.63) is 65.7 Å². The van der Waals surface area contributed by atoms with Gasteiger partial charge in [-0.25, -0.2) is 0 Å². The zero-order valence-electron chi connectivity index (χ0n) is 12.0. The molecule has 0 aliphatic heterocycles. The molecular weight excluding hydrogens is 262 g/mol. The van der Waals surface area contributed by atoms with Gasteiger partial charge in [-0.3, -0.25) is 9.78 Å². The number of ketones is 1. The van der Waals surface area contributed by atoms with Crippen LogP contribution in [0.4, 0.5) is 0 Å². The molecule has 1 aromatic carbocycles. The molecule has 0 saturated carbocycles. The van der Waals surface area contributed by atoms with Crippen LogP contribution in [0.3, 0.4) is 0 Å². The molecule has 0 N–H and O–H groups in total. The van der Waals surface area contributed by atoms with Crippen LogP contribution in [0.5, 0.6) is 0 Å². The number of hydrogen-bond acceptors (Lipinski definition) is 3. The molecule has 21 heavy (non-hydrogen) atoms. The molecule has 0 aliphatic rings. The number of carbonyl (C=O) groups is 1. The van der Waals surface area contributed by atoms with E-state index in [1.54, 1.807) is 24.5 Å². The highest BCUT2D eigenvalue weighted by atomic mass is 16.3. The number of rotatable bonds is 5. The zero-order chi connectivity index (χ0) is 14.7. The third-order valence-electron chi connectivity index (χ3n) is 3.60. The monoisotopic (exact) mass is 279 g/mol. The van der Waals surface area contributed by atoms with E-state index in [0.717, 1.165) is 36.0 Å². The molecule has 0 atom stereocenters. The quantitative estimate of drug-likeness (QED) is 0.650. The van der Waals surface area contributed by atoms with Gasteiger partial charge < -0.3 is 4.42 Å². The Morgan fingerprint density at radius 3 is 2.67 bits per heavy atom. The Bertz CT molecular complexity index is 759. The van der Waals surface area contributed by atoms with E-state index in [9.17, 15) is 4.79 Å². The molecule has 2 aromatic heterocycles. The van der Waals surface area contributed by atoms with Crippen molar-refractivity contribution in [1.29, 1.82) is 0 Å². The summed E-state index contributed by atoms with van der Waals surface area (Å²) in [6, 6.07) is 11.2. The first kappa shape index (κ1) is 13.6. The van der Waals surface area contributed by atoms with E-state index in [1.807, 2.05) is 24.3 Å². The minimum atomic E-state index is 0.00783. The maximum absolute atomic E-state index is 12.8. The van der Waals surface area contributed by atoms with Crippen molar-refractivity contribution in [3.63, 3.8) is 0 Å². The van der Waals surface area contributed by atoms with Gasteiger partial charge in [0.2, 0.25) is 0 Å². The minimum absolute atomic E-state index is 0.00783. The van der Waals surface area contributed by atoms with Gasteiger partial charge in [-0.05, 0) is 24.6 Å². The number of para-hydroxylation sites is 1.